The molecule has 0 aliphatic carbocycles. The molecule has 0 fully saturated rings. The van der Waals surface area contributed by atoms with E-state index >= 15 is 0 Å². The van der Waals surface area contributed by atoms with Crippen molar-refractivity contribution in [1.82, 2.24) is 0 Å². The van der Waals surface area contributed by atoms with E-state index in [1.54, 1.807) is 16.5 Å². The molecule has 2 amide bonds. The Labute approximate surface area is 368 Å². The molecular weight excluding hydrogens is 795 g/mol. The number of carbonyl (C=O) groups is 2. The highest BCUT2D eigenvalue weighted by Gasteiger charge is 2.51. The van der Waals surface area contributed by atoms with Gasteiger partial charge in [-0.3, -0.25) is 9.59 Å². The van der Waals surface area contributed by atoms with Crippen molar-refractivity contribution in [2.45, 2.75) is 163 Å². The lowest BCUT2D eigenvalue weighted by atomic mass is 10.0. The third kappa shape index (κ3) is 9.10. The highest BCUT2D eigenvalue weighted by molar-refractivity contribution is 7.33. The molecule has 2 aromatic carbocycles. The van der Waals surface area contributed by atoms with Gasteiger partial charge < -0.3 is 0 Å². The summed E-state index contributed by atoms with van der Waals surface area (Å²) in [6.45, 7) is 13.6. The molecule has 3 aromatic heterocycles. The van der Waals surface area contributed by atoms with Crippen LogP contribution in [0.4, 0.5) is 5.69 Å². The van der Waals surface area contributed by atoms with Crippen LogP contribution in [0.5, 0.6) is 0 Å². The fraction of sp³-hybridized carbons (Fsp3) is 0.500. The summed E-state index contributed by atoms with van der Waals surface area (Å²) in [6, 6.07) is 24.4. The van der Waals surface area contributed by atoms with Crippen molar-refractivity contribution >= 4 is 75.1 Å². The number of anilines is 1. The van der Waals surface area contributed by atoms with Gasteiger partial charge in [0.2, 0.25) is 0 Å². The van der Waals surface area contributed by atoms with Crippen molar-refractivity contribution in [3.63, 3.8) is 0 Å². The van der Waals surface area contributed by atoms with E-state index < -0.39 is 8.07 Å². The van der Waals surface area contributed by atoms with E-state index in [2.05, 4.69) is 83.1 Å². The number of thiophene rings is 3. The minimum absolute atomic E-state index is 0.177. The second-order valence-electron chi connectivity index (χ2n) is 17.6. The van der Waals surface area contributed by atoms with E-state index in [1.807, 2.05) is 41.7 Å². The predicted octanol–water partition coefficient (Wildman–Crippen LogP) is 14.4. The van der Waals surface area contributed by atoms with Gasteiger partial charge in [-0.15, -0.1) is 34.0 Å². The fourth-order valence-corrected chi connectivity index (χ4v) is 20.6. The van der Waals surface area contributed by atoms with Crippen LogP contribution in [0.25, 0.3) is 19.5 Å². The Kier molecular flexibility index (Phi) is 15.0. The molecule has 0 bridgehead atoms. The molecule has 7 rings (SSSR count). The van der Waals surface area contributed by atoms with E-state index in [0.29, 0.717) is 22.7 Å². The Bertz CT molecular complexity index is 2190. The van der Waals surface area contributed by atoms with Crippen molar-refractivity contribution in [1.29, 1.82) is 0 Å². The van der Waals surface area contributed by atoms with Gasteiger partial charge >= 0.3 is 0 Å². The Morgan fingerprint density at radius 1 is 0.576 bits per heavy atom. The topological polar surface area (TPSA) is 37.4 Å². The van der Waals surface area contributed by atoms with E-state index in [-0.39, 0.29) is 11.8 Å². The molecule has 59 heavy (non-hydrogen) atoms. The normalized spacial score (nSPS) is 16.3. The molecule has 2 aliphatic rings. The number of amides is 2. The average molecular weight is 862 g/mol. The highest BCUT2D eigenvalue weighted by atomic mass is 32.1. The lowest BCUT2D eigenvalue weighted by molar-refractivity contribution is 0.0926. The summed E-state index contributed by atoms with van der Waals surface area (Å²) >= 11 is 5.47. The Hall–Kier alpha value is -3.10. The SMILES string of the molecule is CCCCCCCCc1ccc(N2C(=O)c3c(C)sc(-c4cc5c(s4)-c4sc(C)cc4[Si]5(CC(CC)CCCC)c4ccc(CCCCCCCC)cc4)c3C2=O)cc1. The zero-order valence-electron chi connectivity index (χ0n) is 36.8. The van der Waals surface area contributed by atoms with Gasteiger partial charge in [0.1, 0.15) is 0 Å². The van der Waals surface area contributed by atoms with Crippen molar-refractivity contribution in [2.24, 2.45) is 5.92 Å². The first-order valence-electron chi connectivity index (χ1n) is 23.2. The number of unbranched alkanes of at least 4 members (excludes halogenated alkanes) is 11. The van der Waals surface area contributed by atoms with Crippen molar-refractivity contribution in [2.75, 3.05) is 4.90 Å². The first-order chi connectivity index (χ1) is 28.7. The molecule has 0 radical (unpaired) electrons. The van der Waals surface area contributed by atoms with E-state index in [9.17, 15) is 9.59 Å². The third-order valence-electron chi connectivity index (χ3n) is 13.3. The number of carbonyl (C=O) groups excluding carboxylic acids is 2. The summed E-state index contributed by atoms with van der Waals surface area (Å²) < 4.78 is 0. The van der Waals surface area contributed by atoms with Crippen LogP contribution >= 0.6 is 34.0 Å². The number of imide groups is 1. The number of rotatable bonds is 23. The summed E-state index contributed by atoms with van der Waals surface area (Å²) in [5.41, 5.74) is 4.61. The van der Waals surface area contributed by atoms with Gasteiger partial charge in [0.05, 0.1) is 21.7 Å². The summed E-state index contributed by atoms with van der Waals surface area (Å²) in [5.74, 6) is 0.301. The lowest BCUT2D eigenvalue weighted by Gasteiger charge is -2.33. The standard InChI is InChI=1S/C52H67NO2S3Si/c1-7-11-14-16-18-20-23-39-25-29-41(30-26-39)53-51(54)46-37(6)57-48(47(46)52(53)55)43-34-45-50(58-43)49-44(33-36(5)56-49)59(45,35-38(10-4)22-13-9-3)42-31-27-40(28-32-42)24-21-19-17-15-12-8-2/h25-34,38H,7-24,35H2,1-6H3. The minimum atomic E-state index is -2.43. The number of nitrogens with zero attached hydrogens (tertiary/aromatic N) is 1. The zero-order valence-corrected chi connectivity index (χ0v) is 40.2. The maximum atomic E-state index is 14.5. The zero-order chi connectivity index (χ0) is 41.5. The number of benzene rings is 2. The number of hydrogen-bond acceptors (Lipinski definition) is 5. The average Bonchev–Trinajstić information content (AvgIpc) is 4.04. The molecule has 314 valence electrons. The van der Waals surface area contributed by atoms with Gasteiger partial charge in [-0.2, -0.15) is 0 Å². The van der Waals surface area contributed by atoms with Crippen LogP contribution < -0.4 is 20.5 Å². The van der Waals surface area contributed by atoms with E-state index in [1.165, 1.54) is 150 Å². The smallest absolute Gasteiger partial charge is 0.267 e. The Morgan fingerprint density at radius 3 is 1.73 bits per heavy atom. The molecule has 5 aromatic rings. The van der Waals surface area contributed by atoms with Crippen molar-refractivity contribution in [3.05, 3.63) is 92.7 Å². The number of hydrogen-bond donors (Lipinski definition) is 0. The van der Waals surface area contributed by atoms with Crippen LogP contribution in [0, 0.1) is 19.8 Å². The van der Waals surface area contributed by atoms with Gasteiger partial charge in [-0.05, 0) is 102 Å². The first-order valence-corrected chi connectivity index (χ1v) is 27.9. The van der Waals surface area contributed by atoms with Gasteiger partial charge in [0, 0.05) is 24.4 Å². The second-order valence-corrected chi connectivity index (χ2v) is 25.0. The second kappa shape index (κ2) is 20.2. The van der Waals surface area contributed by atoms with Crippen LogP contribution in [-0.4, -0.2) is 19.9 Å². The predicted molar refractivity (Wildman–Crippen MR) is 261 cm³/mol. The molecule has 5 heterocycles. The third-order valence-corrected chi connectivity index (χ3v) is 22.4. The molecule has 0 spiro atoms. The summed E-state index contributed by atoms with van der Waals surface area (Å²) in [7, 11) is -2.43. The molecule has 0 saturated carbocycles. The highest BCUT2D eigenvalue weighted by Crippen LogP contribution is 2.49. The number of aryl methyl sites for hydroxylation is 4. The van der Waals surface area contributed by atoms with Crippen molar-refractivity contribution in [3.8, 4) is 19.5 Å². The Balaban J connectivity index is 1.21. The van der Waals surface area contributed by atoms with Gasteiger partial charge in [0.25, 0.3) is 11.8 Å². The summed E-state index contributed by atoms with van der Waals surface area (Å²) in [4.78, 5) is 37.4. The van der Waals surface area contributed by atoms with Crippen LogP contribution in [0.2, 0.25) is 6.04 Å². The molecule has 3 nitrogen and oxygen atoms in total. The van der Waals surface area contributed by atoms with Gasteiger partial charge in [-0.25, -0.2) is 4.90 Å². The number of fused-ring (bicyclic) bond motifs is 4. The fourth-order valence-electron chi connectivity index (χ4n) is 9.88. The molecule has 2 atom stereocenters. The maximum Gasteiger partial charge on any atom is 0.267 e. The van der Waals surface area contributed by atoms with Crippen LogP contribution in [0.1, 0.15) is 172 Å². The molecule has 7 heteroatoms. The van der Waals surface area contributed by atoms with Gasteiger partial charge in [-0.1, -0.05) is 154 Å². The molecule has 2 aliphatic heterocycles. The largest absolute Gasteiger partial charge is 0.268 e. The van der Waals surface area contributed by atoms with Gasteiger partial charge in [0.15, 0.2) is 8.07 Å². The molecular formula is C52H67NO2S3Si. The molecule has 0 N–H and O–H groups in total. The quantitative estimate of drug-likeness (QED) is 0.0373. The summed E-state index contributed by atoms with van der Waals surface area (Å²) in [6.07, 6.45) is 22.7. The maximum absolute atomic E-state index is 14.5. The summed E-state index contributed by atoms with van der Waals surface area (Å²) in [5, 5.41) is 4.68. The van der Waals surface area contributed by atoms with E-state index in [0.717, 1.165) is 27.5 Å². The molecule has 2 unspecified atom stereocenters. The monoisotopic (exact) mass is 861 g/mol. The molecule has 0 saturated heterocycles. The van der Waals surface area contributed by atoms with Crippen LogP contribution in [0.15, 0.2) is 60.7 Å². The van der Waals surface area contributed by atoms with Crippen LogP contribution in [-0.2, 0) is 12.8 Å². The van der Waals surface area contributed by atoms with Crippen molar-refractivity contribution < 1.29 is 9.59 Å². The lowest BCUT2D eigenvalue weighted by Crippen LogP contribution is -2.65. The Morgan fingerprint density at radius 2 is 1.12 bits per heavy atom. The first kappa shape index (κ1) is 44.0. The van der Waals surface area contributed by atoms with E-state index in [4.69, 9.17) is 0 Å². The minimum Gasteiger partial charge on any atom is -0.268 e. The van der Waals surface area contributed by atoms with Crippen LogP contribution in [0.3, 0.4) is 0 Å².